The molecule has 0 atom stereocenters. The van der Waals surface area contributed by atoms with Crippen molar-refractivity contribution < 1.29 is 0 Å². The van der Waals surface area contributed by atoms with Gasteiger partial charge in [-0.25, -0.2) is 9.97 Å². The van der Waals surface area contributed by atoms with Gasteiger partial charge in [0.2, 0.25) is 0 Å². The SMILES string of the molecule is CCc1nc(C)ccc1-c1ncccn1. The molecule has 0 fully saturated rings. The Bertz CT molecular complexity index is 452. The third-order valence-electron chi connectivity index (χ3n) is 2.25. The van der Waals surface area contributed by atoms with E-state index >= 15 is 0 Å². The molecule has 2 rings (SSSR count). The van der Waals surface area contributed by atoms with E-state index < -0.39 is 0 Å². The van der Waals surface area contributed by atoms with E-state index in [1.54, 1.807) is 12.4 Å². The molecular formula is C12H13N3. The minimum Gasteiger partial charge on any atom is -0.257 e. The molecule has 0 unspecified atom stereocenters. The van der Waals surface area contributed by atoms with Crippen LogP contribution in [0.5, 0.6) is 0 Å². The fraction of sp³-hybridized carbons (Fsp3) is 0.250. The molecule has 0 N–H and O–H groups in total. The van der Waals surface area contributed by atoms with Gasteiger partial charge in [0.05, 0.1) is 5.69 Å². The van der Waals surface area contributed by atoms with E-state index in [9.17, 15) is 0 Å². The summed E-state index contributed by atoms with van der Waals surface area (Å²) in [6, 6.07) is 5.85. The second-order valence-corrected chi connectivity index (χ2v) is 3.37. The summed E-state index contributed by atoms with van der Waals surface area (Å²) >= 11 is 0. The van der Waals surface area contributed by atoms with Crippen molar-refractivity contribution in [2.45, 2.75) is 20.3 Å². The molecule has 0 aromatic carbocycles. The largest absolute Gasteiger partial charge is 0.257 e. The van der Waals surface area contributed by atoms with Gasteiger partial charge in [0.15, 0.2) is 5.82 Å². The molecule has 0 aliphatic heterocycles. The van der Waals surface area contributed by atoms with Crippen molar-refractivity contribution in [2.75, 3.05) is 0 Å². The van der Waals surface area contributed by atoms with Crippen LogP contribution >= 0.6 is 0 Å². The van der Waals surface area contributed by atoms with Gasteiger partial charge in [0.1, 0.15) is 0 Å². The molecule has 15 heavy (non-hydrogen) atoms. The van der Waals surface area contributed by atoms with E-state index in [-0.39, 0.29) is 0 Å². The Labute approximate surface area is 89.2 Å². The van der Waals surface area contributed by atoms with Crippen molar-refractivity contribution in [3.05, 3.63) is 42.0 Å². The maximum atomic E-state index is 4.49. The van der Waals surface area contributed by atoms with Crippen LogP contribution in [-0.4, -0.2) is 15.0 Å². The lowest BCUT2D eigenvalue weighted by atomic mass is 10.1. The van der Waals surface area contributed by atoms with Gasteiger partial charge in [-0.15, -0.1) is 0 Å². The van der Waals surface area contributed by atoms with Crippen LogP contribution in [0.1, 0.15) is 18.3 Å². The molecule has 0 saturated heterocycles. The lowest BCUT2D eigenvalue weighted by Gasteiger charge is -2.05. The van der Waals surface area contributed by atoms with E-state index in [0.717, 1.165) is 29.2 Å². The first-order valence-corrected chi connectivity index (χ1v) is 5.05. The number of aromatic nitrogens is 3. The lowest BCUT2D eigenvalue weighted by molar-refractivity contribution is 0.998. The normalized spacial score (nSPS) is 10.3. The molecule has 0 radical (unpaired) electrons. The van der Waals surface area contributed by atoms with E-state index in [1.165, 1.54) is 0 Å². The first-order valence-electron chi connectivity index (χ1n) is 5.05. The summed E-state index contributed by atoms with van der Waals surface area (Å²) in [6.45, 7) is 4.09. The van der Waals surface area contributed by atoms with Gasteiger partial charge in [0.25, 0.3) is 0 Å². The first-order chi connectivity index (χ1) is 7.31. The smallest absolute Gasteiger partial charge is 0.160 e. The number of hydrogen-bond donors (Lipinski definition) is 0. The Balaban J connectivity index is 2.53. The molecule has 3 nitrogen and oxygen atoms in total. The van der Waals surface area contributed by atoms with Crippen molar-refractivity contribution in [2.24, 2.45) is 0 Å². The van der Waals surface area contributed by atoms with E-state index in [2.05, 4.69) is 21.9 Å². The maximum Gasteiger partial charge on any atom is 0.160 e. The van der Waals surface area contributed by atoms with Crippen molar-refractivity contribution in [1.29, 1.82) is 0 Å². The molecule has 0 spiro atoms. The number of aryl methyl sites for hydroxylation is 2. The van der Waals surface area contributed by atoms with Crippen LogP contribution in [0.3, 0.4) is 0 Å². The van der Waals surface area contributed by atoms with E-state index in [4.69, 9.17) is 0 Å². The van der Waals surface area contributed by atoms with Crippen LogP contribution in [0.4, 0.5) is 0 Å². The quantitative estimate of drug-likeness (QED) is 0.745. The first kappa shape index (κ1) is 9.77. The topological polar surface area (TPSA) is 38.7 Å². The average Bonchev–Trinajstić information content (AvgIpc) is 2.30. The molecule has 2 aromatic heterocycles. The minimum atomic E-state index is 0.752. The predicted molar refractivity (Wildman–Crippen MR) is 59.4 cm³/mol. The third kappa shape index (κ3) is 2.01. The molecule has 0 aliphatic carbocycles. The second kappa shape index (κ2) is 4.17. The summed E-state index contributed by atoms with van der Waals surface area (Å²) in [6.07, 6.45) is 4.40. The van der Waals surface area contributed by atoms with Gasteiger partial charge in [-0.1, -0.05) is 6.92 Å². The molecular weight excluding hydrogens is 186 g/mol. The van der Waals surface area contributed by atoms with Crippen LogP contribution in [0.25, 0.3) is 11.4 Å². The zero-order valence-electron chi connectivity index (χ0n) is 8.94. The molecule has 0 bridgehead atoms. The van der Waals surface area contributed by atoms with Gasteiger partial charge in [-0.05, 0) is 31.5 Å². The Morgan fingerprint density at radius 3 is 2.53 bits per heavy atom. The van der Waals surface area contributed by atoms with Crippen molar-refractivity contribution >= 4 is 0 Å². The highest BCUT2D eigenvalue weighted by atomic mass is 14.9. The number of rotatable bonds is 2. The van der Waals surface area contributed by atoms with E-state index in [0.29, 0.717) is 0 Å². The highest BCUT2D eigenvalue weighted by molar-refractivity contribution is 5.57. The van der Waals surface area contributed by atoms with Gasteiger partial charge in [-0.3, -0.25) is 4.98 Å². The monoisotopic (exact) mass is 199 g/mol. The van der Waals surface area contributed by atoms with Crippen LogP contribution < -0.4 is 0 Å². The molecule has 3 heteroatoms. The van der Waals surface area contributed by atoms with Gasteiger partial charge >= 0.3 is 0 Å². The standard InChI is InChI=1S/C12H13N3/c1-3-11-10(6-5-9(2)15-11)12-13-7-4-8-14-12/h4-8H,3H2,1-2H3. The molecule has 2 aromatic rings. The van der Waals surface area contributed by atoms with Crippen LogP contribution in [0.15, 0.2) is 30.6 Å². The summed E-state index contributed by atoms with van der Waals surface area (Å²) in [5.41, 5.74) is 3.12. The highest BCUT2D eigenvalue weighted by Crippen LogP contribution is 2.18. The highest BCUT2D eigenvalue weighted by Gasteiger charge is 2.06. The number of pyridine rings is 1. The number of nitrogens with zero attached hydrogens (tertiary/aromatic N) is 3. The summed E-state index contributed by atoms with van der Waals surface area (Å²) in [5.74, 6) is 0.752. The molecule has 76 valence electrons. The number of hydrogen-bond acceptors (Lipinski definition) is 3. The van der Waals surface area contributed by atoms with Crippen molar-refractivity contribution in [3.63, 3.8) is 0 Å². The Morgan fingerprint density at radius 1 is 1.13 bits per heavy atom. The van der Waals surface area contributed by atoms with Crippen LogP contribution in [0.2, 0.25) is 0 Å². The Morgan fingerprint density at radius 2 is 1.87 bits per heavy atom. The molecule has 0 saturated carbocycles. The van der Waals surface area contributed by atoms with Gasteiger partial charge < -0.3 is 0 Å². The Hall–Kier alpha value is -1.77. The van der Waals surface area contributed by atoms with Gasteiger partial charge in [0, 0.05) is 23.7 Å². The Kier molecular flexibility index (Phi) is 2.72. The van der Waals surface area contributed by atoms with Crippen molar-refractivity contribution in [1.82, 2.24) is 15.0 Å². The zero-order chi connectivity index (χ0) is 10.7. The van der Waals surface area contributed by atoms with E-state index in [1.807, 2.05) is 25.1 Å². The molecule has 0 amide bonds. The molecule has 2 heterocycles. The van der Waals surface area contributed by atoms with Gasteiger partial charge in [-0.2, -0.15) is 0 Å². The summed E-state index contributed by atoms with van der Waals surface area (Å²) in [4.78, 5) is 13.0. The summed E-state index contributed by atoms with van der Waals surface area (Å²) in [7, 11) is 0. The fourth-order valence-corrected chi connectivity index (χ4v) is 1.52. The third-order valence-corrected chi connectivity index (χ3v) is 2.25. The van der Waals surface area contributed by atoms with Crippen LogP contribution in [0, 0.1) is 6.92 Å². The summed E-state index contributed by atoms with van der Waals surface area (Å²) in [5, 5.41) is 0. The zero-order valence-corrected chi connectivity index (χ0v) is 8.94. The fourth-order valence-electron chi connectivity index (χ4n) is 1.52. The average molecular weight is 199 g/mol. The predicted octanol–water partition coefficient (Wildman–Crippen LogP) is 2.41. The lowest BCUT2D eigenvalue weighted by Crippen LogP contribution is -1.97. The second-order valence-electron chi connectivity index (χ2n) is 3.37. The van der Waals surface area contributed by atoms with Crippen molar-refractivity contribution in [3.8, 4) is 11.4 Å². The molecule has 0 aliphatic rings. The summed E-state index contributed by atoms with van der Waals surface area (Å²) < 4.78 is 0. The maximum absolute atomic E-state index is 4.49. The minimum absolute atomic E-state index is 0.752. The van der Waals surface area contributed by atoms with Crippen LogP contribution in [-0.2, 0) is 6.42 Å².